The Hall–Kier alpha value is -2.27. The van der Waals surface area contributed by atoms with Crippen LogP contribution in [0.3, 0.4) is 0 Å². The van der Waals surface area contributed by atoms with Crippen molar-refractivity contribution in [3.63, 3.8) is 0 Å². The molecule has 1 saturated heterocycles. The summed E-state index contributed by atoms with van der Waals surface area (Å²) in [5, 5.41) is 0. The number of ether oxygens (including phenoxy) is 3. The van der Waals surface area contributed by atoms with Crippen LogP contribution in [0.1, 0.15) is 24.0 Å². The van der Waals surface area contributed by atoms with Crippen molar-refractivity contribution in [1.29, 1.82) is 0 Å². The van der Waals surface area contributed by atoms with Crippen LogP contribution in [-0.2, 0) is 15.9 Å². The van der Waals surface area contributed by atoms with E-state index in [0.717, 1.165) is 38.2 Å². The fourth-order valence-corrected chi connectivity index (χ4v) is 3.49. The molecule has 3 aliphatic heterocycles. The topological polar surface area (TPSA) is 43.3 Å². The number of hydrogen-bond acceptors (Lipinski definition) is 5. The molecule has 0 aromatic heterocycles. The number of hydrogen-bond donors (Lipinski definition) is 0. The Bertz CT molecular complexity index is 705. The highest BCUT2D eigenvalue weighted by Crippen LogP contribution is 2.33. The lowest BCUT2D eigenvalue weighted by Crippen LogP contribution is -2.33. The molecule has 25 heavy (non-hydrogen) atoms. The predicted molar refractivity (Wildman–Crippen MR) is 97.7 cm³/mol. The lowest BCUT2D eigenvalue weighted by Gasteiger charge is -2.34. The zero-order valence-corrected chi connectivity index (χ0v) is 14.4. The minimum Gasteiger partial charge on any atom is -0.490 e. The molecule has 0 bridgehead atoms. The Kier molecular flexibility index (Phi) is 4.74. The Morgan fingerprint density at radius 2 is 2.32 bits per heavy atom. The molecule has 3 heterocycles. The van der Waals surface area contributed by atoms with Crippen molar-refractivity contribution < 1.29 is 14.2 Å². The zero-order chi connectivity index (χ0) is 17.1. The van der Waals surface area contributed by atoms with Gasteiger partial charge in [0, 0.05) is 24.8 Å². The molecule has 0 N–H and O–H groups in total. The Morgan fingerprint density at radius 3 is 3.16 bits per heavy atom. The van der Waals surface area contributed by atoms with Gasteiger partial charge in [-0.1, -0.05) is 12.7 Å². The second-order valence-corrected chi connectivity index (χ2v) is 6.55. The van der Waals surface area contributed by atoms with Gasteiger partial charge < -0.3 is 19.1 Å². The van der Waals surface area contributed by atoms with Gasteiger partial charge in [0.05, 0.1) is 11.8 Å². The second kappa shape index (κ2) is 7.31. The van der Waals surface area contributed by atoms with Gasteiger partial charge >= 0.3 is 0 Å². The Balaban J connectivity index is 1.50. The summed E-state index contributed by atoms with van der Waals surface area (Å²) in [7, 11) is 0. The van der Waals surface area contributed by atoms with Gasteiger partial charge in [0.2, 0.25) is 5.90 Å². The largest absolute Gasteiger partial charge is 0.490 e. The highest BCUT2D eigenvalue weighted by atomic mass is 16.5. The molecule has 132 valence electrons. The maximum atomic E-state index is 5.89. The highest BCUT2D eigenvalue weighted by Gasteiger charge is 2.25. The summed E-state index contributed by atoms with van der Waals surface area (Å²) < 4.78 is 17.2. The van der Waals surface area contributed by atoms with Gasteiger partial charge in [-0.2, -0.15) is 0 Å². The van der Waals surface area contributed by atoms with Crippen LogP contribution in [0, 0.1) is 0 Å². The van der Waals surface area contributed by atoms with Crippen molar-refractivity contribution in [2.75, 3.05) is 33.0 Å². The van der Waals surface area contributed by atoms with E-state index >= 15 is 0 Å². The Labute approximate surface area is 148 Å². The van der Waals surface area contributed by atoms with E-state index in [0.29, 0.717) is 25.8 Å². The fraction of sp³-hybridized carbons (Fsp3) is 0.450. The first-order chi connectivity index (χ1) is 12.3. The SMILES string of the molecule is C=CCOc1ccc2c(c1)CCN1CN=C(OCC3CCCO3)C=C21. The van der Waals surface area contributed by atoms with Crippen LogP contribution in [0.5, 0.6) is 5.75 Å². The first-order valence-electron chi connectivity index (χ1n) is 8.96. The standard InChI is InChI=1S/C20H24N2O3/c1-2-9-23-16-5-6-18-15(11-16)7-8-22-14-21-20(12-19(18)22)25-13-17-4-3-10-24-17/h2,5-6,11-12,17H,1,3-4,7-10,13-14H2. The normalized spacial score (nSPS) is 21.8. The molecule has 0 aliphatic carbocycles. The summed E-state index contributed by atoms with van der Waals surface area (Å²) in [6.45, 7) is 7.28. The van der Waals surface area contributed by atoms with E-state index in [1.807, 2.05) is 6.07 Å². The van der Waals surface area contributed by atoms with Crippen molar-refractivity contribution in [1.82, 2.24) is 4.90 Å². The third-order valence-electron chi connectivity index (χ3n) is 4.81. The monoisotopic (exact) mass is 340 g/mol. The minimum atomic E-state index is 0.210. The van der Waals surface area contributed by atoms with Gasteiger partial charge in [0.15, 0.2) is 0 Å². The summed E-state index contributed by atoms with van der Waals surface area (Å²) in [5.41, 5.74) is 3.74. The molecule has 0 spiro atoms. The van der Waals surface area contributed by atoms with Crippen LogP contribution < -0.4 is 4.74 Å². The number of fused-ring (bicyclic) bond motifs is 3. The first-order valence-corrected chi connectivity index (χ1v) is 8.96. The summed E-state index contributed by atoms with van der Waals surface area (Å²) in [6, 6.07) is 6.29. The van der Waals surface area contributed by atoms with Gasteiger partial charge in [-0.3, -0.25) is 0 Å². The molecular formula is C20H24N2O3. The van der Waals surface area contributed by atoms with E-state index in [1.54, 1.807) is 6.08 Å². The molecule has 1 atom stereocenters. The molecule has 4 rings (SSSR count). The molecule has 0 saturated carbocycles. The summed E-state index contributed by atoms with van der Waals surface area (Å²) >= 11 is 0. The van der Waals surface area contributed by atoms with E-state index in [9.17, 15) is 0 Å². The molecule has 1 aromatic rings. The number of aliphatic imine (C=N–C) groups is 1. The maximum absolute atomic E-state index is 5.89. The lowest BCUT2D eigenvalue weighted by molar-refractivity contribution is 0.0639. The van der Waals surface area contributed by atoms with Crippen LogP contribution in [0.15, 0.2) is 41.9 Å². The maximum Gasteiger partial charge on any atom is 0.212 e. The summed E-state index contributed by atoms with van der Waals surface area (Å²) in [5.74, 6) is 1.61. The minimum absolute atomic E-state index is 0.210. The second-order valence-electron chi connectivity index (χ2n) is 6.55. The average Bonchev–Trinajstić information content (AvgIpc) is 3.17. The van der Waals surface area contributed by atoms with E-state index in [-0.39, 0.29) is 6.10 Å². The highest BCUT2D eigenvalue weighted by molar-refractivity contribution is 5.96. The van der Waals surface area contributed by atoms with Gasteiger partial charge in [-0.25, -0.2) is 4.99 Å². The van der Waals surface area contributed by atoms with Gasteiger partial charge in [-0.05, 0) is 43.0 Å². The number of rotatable bonds is 5. The molecule has 5 nitrogen and oxygen atoms in total. The van der Waals surface area contributed by atoms with Crippen LogP contribution in [-0.4, -0.2) is 49.9 Å². The predicted octanol–water partition coefficient (Wildman–Crippen LogP) is 3.02. The van der Waals surface area contributed by atoms with Crippen molar-refractivity contribution in [2.45, 2.75) is 25.4 Å². The number of benzene rings is 1. The zero-order valence-electron chi connectivity index (χ0n) is 14.4. The van der Waals surface area contributed by atoms with Crippen molar-refractivity contribution in [3.05, 3.63) is 48.1 Å². The third-order valence-corrected chi connectivity index (χ3v) is 4.81. The van der Waals surface area contributed by atoms with Crippen molar-refractivity contribution in [2.24, 2.45) is 4.99 Å². The average molecular weight is 340 g/mol. The molecule has 1 fully saturated rings. The van der Waals surface area contributed by atoms with E-state index in [1.165, 1.54) is 16.8 Å². The van der Waals surface area contributed by atoms with Gasteiger partial charge in [0.25, 0.3) is 0 Å². The van der Waals surface area contributed by atoms with Gasteiger partial charge in [0.1, 0.15) is 25.6 Å². The molecular weight excluding hydrogens is 316 g/mol. The fourth-order valence-electron chi connectivity index (χ4n) is 3.49. The molecule has 1 unspecified atom stereocenters. The van der Waals surface area contributed by atoms with Crippen molar-refractivity contribution in [3.8, 4) is 5.75 Å². The molecule has 1 aromatic carbocycles. The third kappa shape index (κ3) is 3.56. The lowest BCUT2D eigenvalue weighted by atomic mass is 9.95. The van der Waals surface area contributed by atoms with E-state index < -0.39 is 0 Å². The van der Waals surface area contributed by atoms with Gasteiger partial charge in [-0.15, -0.1) is 0 Å². The molecule has 0 amide bonds. The summed E-state index contributed by atoms with van der Waals surface area (Å²) in [6.07, 6.45) is 7.23. The first kappa shape index (κ1) is 16.2. The van der Waals surface area contributed by atoms with Crippen LogP contribution in [0.4, 0.5) is 0 Å². The van der Waals surface area contributed by atoms with Crippen molar-refractivity contribution >= 4 is 11.6 Å². The molecule has 3 aliphatic rings. The Morgan fingerprint density at radius 1 is 1.36 bits per heavy atom. The quantitative estimate of drug-likeness (QED) is 0.773. The van der Waals surface area contributed by atoms with E-state index in [2.05, 4.69) is 34.7 Å². The summed E-state index contributed by atoms with van der Waals surface area (Å²) in [4.78, 5) is 6.86. The smallest absolute Gasteiger partial charge is 0.212 e. The molecule has 5 heteroatoms. The van der Waals surface area contributed by atoms with E-state index in [4.69, 9.17) is 14.2 Å². The molecule has 0 radical (unpaired) electrons. The van der Waals surface area contributed by atoms with Crippen LogP contribution in [0.25, 0.3) is 5.70 Å². The van der Waals surface area contributed by atoms with Crippen LogP contribution in [0.2, 0.25) is 0 Å². The van der Waals surface area contributed by atoms with Crippen LogP contribution >= 0.6 is 0 Å². The number of nitrogens with zero attached hydrogens (tertiary/aromatic N) is 2.